The summed E-state index contributed by atoms with van der Waals surface area (Å²) in [4.78, 5) is 2.45. The lowest BCUT2D eigenvalue weighted by molar-refractivity contribution is 0.0970. The second-order valence-electron chi connectivity index (χ2n) is 7.99. The third kappa shape index (κ3) is 5.26. The van der Waals surface area contributed by atoms with Crippen molar-refractivity contribution in [3.8, 4) is 5.75 Å². The normalized spacial score (nSPS) is 23.3. The summed E-state index contributed by atoms with van der Waals surface area (Å²) in [6, 6.07) is 17.7. The average Bonchev–Trinajstić information content (AvgIpc) is 2.64. The molecule has 1 aliphatic heterocycles. The SMILES string of the molecule is CC1CN(CCOc2ccccc2)CCC1(C)c1cccc(NS(C)(=O)=O)c1. The number of piperidine rings is 1. The Morgan fingerprint density at radius 2 is 1.93 bits per heavy atom. The number of likely N-dealkylation sites (tertiary alicyclic amines) is 1. The number of rotatable bonds is 7. The maximum atomic E-state index is 11.5. The second-order valence-corrected chi connectivity index (χ2v) is 9.73. The van der Waals surface area contributed by atoms with Gasteiger partial charge in [0.1, 0.15) is 12.4 Å². The molecule has 0 radical (unpaired) electrons. The predicted octanol–water partition coefficient (Wildman–Crippen LogP) is 3.74. The smallest absolute Gasteiger partial charge is 0.229 e. The Bertz CT molecular complexity index is 886. The number of benzene rings is 2. The molecule has 3 rings (SSSR count). The van der Waals surface area contributed by atoms with Gasteiger partial charge in [-0.15, -0.1) is 0 Å². The molecular formula is C22H30N2O3S. The Labute approximate surface area is 168 Å². The van der Waals surface area contributed by atoms with Crippen molar-refractivity contribution in [2.24, 2.45) is 5.92 Å². The van der Waals surface area contributed by atoms with Gasteiger partial charge >= 0.3 is 0 Å². The summed E-state index contributed by atoms with van der Waals surface area (Å²) in [7, 11) is -3.27. The predicted molar refractivity (Wildman–Crippen MR) is 114 cm³/mol. The molecule has 0 amide bonds. The maximum Gasteiger partial charge on any atom is 0.229 e. The Hall–Kier alpha value is -2.05. The minimum absolute atomic E-state index is 0.0198. The number of para-hydroxylation sites is 1. The van der Waals surface area contributed by atoms with E-state index in [1.165, 1.54) is 11.8 Å². The van der Waals surface area contributed by atoms with Crippen molar-refractivity contribution in [1.82, 2.24) is 4.90 Å². The first-order valence-corrected chi connectivity index (χ1v) is 11.6. The number of hydrogen-bond acceptors (Lipinski definition) is 4. The van der Waals surface area contributed by atoms with Gasteiger partial charge in [0.25, 0.3) is 0 Å². The molecule has 2 atom stereocenters. The first kappa shape index (κ1) is 20.7. The van der Waals surface area contributed by atoms with Crippen molar-refractivity contribution in [2.75, 3.05) is 37.2 Å². The summed E-state index contributed by atoms with van der Waals surface area (Å²) in [6.45, 7) is 8.16. The Morgan fingerprint density at radius 1 is 1.18 bits per heavy atom. The Morgan fingerprint density at radius 3 is 2.61 bits per heavy atom. The third-order valence-electron chi connectivity index (χ3n) is 5.81. The zero-order valence-corrected chi connectivity index (χ0v) is 17.7. The molecular weight excluding hydrogens is 372 g/mol. The lowest BCUT2D eigenvalue weighted by atomic mass is 9.68. The van der Waals surface area contributed by atoms with Gasteiger partial charge in [0.2, 0.25) is 10.0 Å². The molecule has 152 valence electrons. The van der Waals surface area contributed by atoms with Gasteiger partial charge in [-0.3, -0.25) is 9.62 Å². The topological polar surface area (TPSA) is 58.6 Å². The van der Waals surface area contributed by atoms with Crippen LogP contribution in [0.1, 0.15) is 25.8 Å². The molecule has 0 saturated carbocycles. The summed E-state index contributed by atoms with van der Waals surface area (Å²) in [5.74, 6) is 1.36. The highest BCUT2D eigenvalue weighted by atomic mass is 32.2. The van der Waals surface area contributed by atoms with E-state index in [9.17, 15) is 8.42 Å². The van der Waals surface area contributed by atoms with Gasteiger partial charge in [-0.1, -0.05) is 44.2 Å². The van der Waals surface area contributed by atoms with Crippen LogP contribution in [0.4, 0.5) is 5.69 Å². The van der Waals surface area contributed by atoms with E-state index in [1.807, 2.05) is 42.5 Å². The van der Waals surface area contributed by atoms with Gasteiger partial charge < -0.3 is 4.74 Å². The number of hydrogen-bond donors (Lipinski definition) is 1. The fourth-order valence-electron chi connectivity index (χ4n) is 3.91. The Kier molecular flexibility index (Phi) is 6.30. The summed E-state index contributed by atoms with van der Waals surface area (Å²) in [5, 5.41) is 0. The molecule has 1 saturated heterocycles. The van der Waals surface area contributed by atoms with E-state index in [-0.39, 0.29) is 5.41 Å². The molecule has 2 aromatic carbocycles. The highest BCUT2D eigenvalue weighted by Crippen LogP contribution is 2.40. The van der Waals surface area contributed by atoms with Crippen LogP contribution in [0.15, 0.2) is 54.6 Å². The van der Waals surface area contributed by atoms with Crippen LogP contribution in [0, 0.1) is 5.92 Å². The minimum Gasteiger partial charge on any atom is -0.492 e. The average molecular weight is 403 g/mol. The van der Waals surface area contributed by atoms with Crippen molar-refractivity contribution in [3.63, 3.8) is 0 Å². The fraction of sp³-hybridized carbons (Fsp3) is 0.455. The van der Waals surface area contributed by atoms with Crippen LogP contribution in [0.5, 0.6) is 5.75 Å². The van der Waals surface area contributed by atoms with E-state index in [2.05, 4.69) is 29.5 Å². The maximum absolute atomic E-state index is 11.5. The fourth-order valence-corrected chi connectivity index (χ4v) is 4.47. The molecule has 2 aromatic rings. The lowest BCUT2D eigenvalue weighted by Gasteiger charge is -2.45. The van der Waals surface area contributed by atoms with Crippen molar-refractivity contribution in [1.29, 1.82) is 0 Å². The van der Waals surface area contributed by atoms with Gasteiger partial charge in [0, 0.05) is 18.8 Å². The molecule has 0 bridgehead atoms. The van der Waals surface area contributed by atoms with Gasteiger partial charge in [-0.25, -0.2) is 8.42 Å². The van der Waals surface area contributed by atoms with E-state index >= 15 is 0 Å². The number of sulfonamides is 1. The van der Waals surface area contributed by atoms with Crippen LogP contribution < -0.4 is 9.46 Å². The highest BCUT2D eigenvalue weighted by molar-refractivity contribution is 7.92. The van der Waals surface area contributed by atoms with E-state index in [0.29, 0.717) is 18.2 Å². The molecule has 2 unspecified atom stereocenters. The van der Waals surface area contributed by atoms with Gasteiger partial charge in [-0.05, 0) is 54.1 Å². The second kappa shape index (κ2) is 8.53. The Balaban J connectivity index is 1.60. The van der Waals surface area contributed by atoms with Gasteiger partial charge in [0.05, 0.1) is 6.26 Å². The zero-order valence-electron chi connectivity index (χ0n) is 16.9. The highest BCUT2D eigenvalue weighted by Gasteiger charge is 2.38. The van der Waals surface area contributed by atoms with E-state index in [1.54, 1.807) is 6.07 Å². The molecule has 1 heterocycles. The van der Waals surface area contributed by atoms with Crippen LogP contribution in [0.2, 0.25) is 0 Å². The molecule has 1 fully saturated rings. The number of anilines is 1. The minimum atomic E-state index is -3.27. The number of nitrogens with zero attached hydrogens (tertiary/aromatic N) is 1. The lowest BCUT2D eigenvalue weighted by Crippen LogP contribution is -2.48. The van der Waals surface area contributed by atoms with Crippen molar-refractivity contribution < 1.29 is 13.2 Å². The molecule has 0 aromatic heterocycles. The molecule has 5 nitrogen and oxygen atoms in total. The van der Waals surface area contributed by atoms with Crippen LogP contribution in [-0.2, 0) is 15.4 Å². The van der Waals surface area contributed by atoms with Gasteiger partial charge in [0.15, 0.2) is 0 Å². The molecule has 0 aliphatic carbocycles. The van der Waals surface area contributed by atoms with E-state index in [4.69, 9.17) is 4.74 Å². The van der Waals surface area contributed by atoms with Crippen LogP contribution in [0.3, 0.4) is 0 Å². The summed E-state index contributed by atoms with van der Waals surface area (Å²) >= 11 is 0. The summed E-state index contributed by atoms with van der Waals surface area (Å²) in [5.41, 5.74) is 1.84. The van der Waals surface area contributed by atoms with Crippen molar-refractivity contribution >= 4 is 15.7 Å². The third-order valence-corrected chi connectivity index (χ3v) is 6.42. The van der Waals surface area contributed by atoms with E-state index in [0.717, 1.165) is 31.8 Å². The summed E-state index contributed by atoms with van der Waals surface area (Å²) in [6.07, 6.45) is 2.21. The molecule has 1 N–H and O–H groups in total. The monoisotopic (exact) mass is 402 g/mol. The van der Waals surface area contributed by atoms with Crippen LogP contribution >= 0.6 is 0 Å². The van der Waals surface area contributed by atoms with E-state index < -0.39 is 10.0 Å². The van der Waals surface area contributed by atoms with Crippen molar-refractivity contribution in [2.45, 2.75) is 25.7 Å². The van der Waals surface area contributed by atoms with Crippen molar-refractivity contribution in [3.05, 3.63) is 60.2 Å². The van der Waals surface area contributed by atoms with Crippen LogP contribution in [0.25, 0.3) is 0 Å². The quantitative estimate of drug-likeness (QED) is 0.767. The standard InChI is InChI=1S/C22H30N2O3S/c1-18-17-24(14-15-27-21-10-5-4-6-11-21)13-12-22(18,2)19-8-7-9-20(16-19)23-28(3,25)26/h4-11,16,18,23H,12-15,17H2,1-3H3. The first-order valence-electron chi connectivity index (χ1n) is 9.75. The molecule has 0 spiro atoms. The molecule has 1 aliphatic rings. The van der Waals surface area contributed by atoms with Gasteiger partial charge in [-0.2, -0.15) is 0 Å². The molecule has 28 heavy (non-hydrogen) atoms. The number of nitrogens with one attached hydrogen (secondary N) is 1. The first-order chi connectivity index (χ1) is 13.3. The summed E-state index contributed by atoms with van der Waals surface area (Å²) < 4.78 is 31.5. The van der Waals surface area contributed by atoms with Crippen LogP contribution in [-0.4, -0.2) is 45.8 Å². The zero-order chi connectivity index (χ0) is 20.2. The molecule has 6 heteroatoms. The largest absolute Gasteiger partial charge is 0.492 e. The number of ether oxygens (including phenoxy) is 1.